The van der Waals surface area contributed by atoms with Crippen molar-refractivity contribution in [2.75, 3.05) is 0 Å². The Kier molecular flexibility index (Phi) is 3.62. The molecule has 2 unspecified atom stereocenters. The molecule has 0 heterocycles. The fourth-order valence-electron chi connectivity index (χ4n) is 0.0589. The third kappa shape index (κ3) is 2.50. The van der Waals surface area contributed by atoms with Gasteiger partial charge in [0.25, 0.3) is 0 Å². The van der Waals surface area contributed by atoms with Gasteiger partial charge in [-0.3, -0.25) is 4.79 Å². The molecule has 0 aliphatic carbocycles. The molecule has 0 aliphatic heterocycles. The second-order valence-corrected chi connectivity index (χ2v) is 2.36. The zero-order valence-electron chi connectivity index (χ0n) is 3.27. The lowest BCUT2D eigenvalue weighted by Gasteiger charge is -1.75. The van der Waals surface area contributed by atoms with Crippen LogP contribution >= 0.6 is 17.2 Å². The first-order valence-corrected chi connectivity index (χ1v) is 4.25. The average Bonchev–Trinajstić information content (AvgIpc) is 1.65. The van der Waals surface area contributed by atoms with E-state index in [1.54, 1.807) is 0 Å². The van der Waals surface area contributed by atoms with Gasteiger partial charge in [-0.2, -0.15) is 0 Å². The van der Waals surface area contributed by atoms with Crippen molar-refractivity contribution >= 4 is 22.7 Å². The second-order valence-electron chi connectivity index (χ2n) is 0.713. The first-order valence-electron chi connectivity index (χ1n) is 1.44. The van der Waals surface area contributed by atoms with E-state index in [0.29, 0.717) is 8.27 Å². The number of carbonyl (C=O) groups excluding carboxylic acids is 1. The number of carbonyl (C=O) groups is 1. The summed E-state index contributed by atoms with van der Waals surface area (Å²) in [4.78, 5) is 10.1. The van der Waals surface area contributed by atoms with Crippen LogP contribution in [0.25, 0.3) is 0 Å². The summed E-state index contributed by atoms with van der Waals surface area (Å²) >= 11 is 0. The molecule has 6 heavy (non-hydrogen) atoms. The highest BCUT2D eigenvalue weighted by Gasteiger charge is 1.81. The maximum atomic E-state index is 10.1. The van der Waals surface area contributed by atoms with Crippen LogP contribution in [0, 0.1) is 0 Å². The highest BCUT2D eigenvalue weighted by Crippen LogP contribution is 2.20. The molecule has 2 atom stereocenters. The summed E-state index contributed by atoms with van der Waals surface area (Å²) in [7, 11) is 2.64. The number of hydrogen-bond donors (Lipinski definition) is 0. The van der Waals surface area contributed by atoms with Crippen molar-refractivity contribution in [1.82, 2.24) is 0 Å². The van der Waals surface area contributed by atoms with Gasteiger partial charge >= 0.3 is 0 Å². The largest absolute Gasteiger partial charge is 0.290 e. The molecule has 0 N–H and O–H groups in total. The molecule has 0 aromatic rings. The number of rotatable bonds is 2. The smallest absolute Gasteiger partial charge is 0.177 e. The van der Waals surface area contributed by atoms with Crippen LogP contribution in [0.15, 0.2) is 12.7 Å². The van der Waals surface area contributed by atoms with E-state index in [-0.39, 0.29) is 5.52 Å². The Labute approximate surface area is 41.1 Å². The van der Waals surface area contributed by atoms with E-state index in [2.05, 4.69) is 15.5 Å². The fraction of sp³-hybridized carbons (Fsp3) is 0. The number of hydrogen-bond acceptors (Lipinski definition) is 1. The second kappa shape index (κ2) is 3.46. The van der Waals surface area contributed by atoms with Crippen LogP contribution in [-0.2, 0) is 4.79 Å². The fourth-order valence-corrected chi connectivity index (χ4v) is 0.530. The van der Waals surface area contributed by atoms with Crippen molar-refractivity contribution in [3.8, 4) is 0 Å². The highest BCUT2D eigenvalue weighted by atomic mass is 32.0. The molecule has 0 aliphatic rings. The van der Waals surface area contributed by atoms with Crippen LogP contribution in [0.5, 0.6) is 0 Å². The predicted octanol–water partition coefficient (Wildman–Crippen LogP) is 1.17. The van der Waals surface area contributed by atoms with E-state index >= 15 is 0 Å². The Hall–Kier alpha value is 0.270. The molecule has 0 fully saturated rings. The van der Waals surface area contributed by atoms with Gasteiger partial charge in [0.15, 0.2) is 5.52 Å². The quantitative estimate of drug-likeness (QED) is 0.394. The molecule has 1 nitrogen and oxygen atoms in total. The summed E-state index contributed by atoms with van der Waals surface area (Å²) in [6.45, 7) is 3.28. The highest BCUT2D eigenvalue weighted by molar-refractivity contribution is 8.11. The Morgan fingerprint density at radius 3 is 2.50 bits per heavy atom. The molecule has 34 valence electrons. The van der Waals surface area contributed by atoms with Gasteiger partial charge in [0, 0.05) is 0 Å². The van der Waals surface area contributed by atoms with E-state index in [1.807, 2.05) is 0 Å². The molecule has 0 aromatic carbocycles. The molecular formula is C3H6OP2. The van der Waals surface area contributed by atoms with Crippen molar-refractivity contribution in [3.05, 3.63) is 12.7 Å². The van der Waals surface area contributed by atoms with E-state index in [4.69, 9.17) is 0 Å². The summed E-state index contributed by atoms with van der Waals surface area (Å²) in [6.07, 6.45) is 1.32. The predicted molar refractivity (Wildman–Crippen MR) is 33.2 cm³/mol. The Morgan fingerprint density at radius 2 is 2.50 bits per heavy atom. The average molecular weight is 120 g/mol. The van der Waals surface area contributed by atoms with Crippen LogP contribution in [0.3, 0.4) is 0 Å². The molecule has 0 saturated carbocycles. The minimum Gasteiger partial charge on any atom is -0.290 e. The van der Waals surface area contributed by atoms with Crippen LogP contribution in [0.2, 0.25) is 0 Å². The van der Waals surface area contributed by atoms with Gasteiger partial charge in [0.1, 0.15) is 0 Å². The molecule has 0 aromatic heterocycles. The summed E-state index contributed by atoms with van der Waals surface area (Å²) in [5.41, 5.74) is 0.0972. The zero-order chi connectivity index (χ0) is 4.99. The maximum absolute atomic E-state index is 10.1. The third-order valence-electron chi connectivity index (χ3n) is 0.328. The van der Waals surface area contributed by atoms with Crippen molar-refractivity contribution < 1.29 is 4.79 Å². The molecule has 0 spiro atoms. The lowest BCUT2D eigenvalue weighted by molar-refractivity contribution is -0.107. The molecule has 0 radical (unpaired) electrons. The maximum Gasteiger partial charge on any atom is 0.177 e. The Balaban J connectivity index is 3.23. The van der Waals surface area contributed by atoms with Gasteiger partial charge in [-0.1, -0.05) is 6.58 Å². The Bertz CT molecular complexity index is 69.2. The molecule has 0 rings (SSSR count). The minimum atomic E-state index is 0.0972. The lowest BCUT2D eigenvalue weighted by Crippen LogP contribution is -1.70. The summed E-state index contributed by atoms with van der Waals surface area (Å²) in [5, 5.41) is 0. The van der Waals surface area contributed by atoms with Gasteiger partial charge in [-0.05, 0) is 14.3 Å². The summed E-state index contributed by atoms with van der Waals surface area (Å²) in [6, 6.07) is 0. The lowest BCUT2D eigenvalue weighted by atomic mass is 10.7. The summed E-state index contributed by atoms with van der Waals surface area (Å²) in [5.74, 6) is 0. The first kappa shape index (κ1) is 6.27. The molecular weight excluding hydrogens is 114 g/mol. The van der Waals surface area contributed by atoms with E-state index < -0.39 is 0 Å². The van der Waals surface area contributed by atoms with Crippen molar-refractivity contribution in [2.24, 2.45) is 0 Å². The SMILES string of the molecule is C=CC(=O)PP. The van der Waals surface area contributed by atoms with Crippen molar-refractivity contribution in [2.45, 2.75) is 0 Å². The first-order chi connectivity index (χ1) is 2.81. The normalized spacial score (nSPS) is 9.50. The van der Waals surface area contributed by atoms with E-state index in [0.717, 1.165) is 0 Å². The van der Waals surface area contributed by atoms with Gasteiger partial charge in [0.05, 0.1) is 0 Å². The standard InChI is InChI=1S/C3H6OP2/c1-2-3(4)6-5/h2,6H,1,5H2. The van der Waals surface area contributed by atoms with Crippen LogP contribution in [0.4, 0.5) is 0 Å². The minimum absolute atomic E-state index is 0.0972. The van der Waals surface area contributed by atoms with Crippen LogP contribution < -0.4 is 0 Å². The van der Waals surface area contributed by atoms with Gasteiger partial charge in [-0.15, -0.1) is 8.93 Å². The summed E-state index contributed by atoms with van der Waals surface area (Å²) < 4.78 is 0. The van der Waals surface area contributed by atoms with Crippen molar-refractivity contribution in [3.63, 3.8) is 0 Å². The zero-order valence-corrected chi connectivity index (χ0v) is 5.42. The Morgan fingerprint density at radius 1 is 2.00 bits per heavy atom. The molecule has 3 heteroatoms. The van der Waals surface area contributed by atoms with Gasteiger partial charge in [0.2, 0.25) is 0 Å². The van der Waals surface area contributed by atoms with Gasteiger partial charge < -0.3 is 0 Å². The van der Waals surface area contributed by atoms with Crippen LogP contribution in [-0.4, -0.2) is 5.52 Å². The van der Waals surface area contributed by atoms with Gasteiger partial charge in [-0.25, -0.2) is 0 Å². The number of allylic oxidation sites excluding steroid dienone is 1. The monoisotopic (exact) mass is 120 g/mol. The molecule has 0 amide bonds. The van der Waals surface area contributed by atoms with Crippen LogP contribution in [0.1, 0.15) is 0 Å². The van der Waals surface area contributed by atoms with E-state index in [1.165, 1.54) is 6.08 Å². The molecule has 0 bridgehead atoms. The molecule has 0 saturated heterocycles. The third-order valence-corrected chi connectivity index (χ3v) is 1.67. The van der Waals surface area contributed by atoms with E-state index in [9.17, 15) is 4.79 Å². The topological polar surface area (TPSA) is 17.1 Å². The van der Waals surface area contributed by atoms with Crippen molar-refractivity contribution in [1.29, 1.82) is 0 Å².